The summed E-state index contributed by atoms with van der Waals surface area (Å²) in [5, 5.41) is 28.6. The van der Waals surface area contributed by atoms with Crippen molar-refractivity contribution in [3.8, 4) is 0 Å². The van der Waals surface area contributed by atoms with Gasteiger partial charge in [-0.15, -0.1) is 0 Å². The van der Waals surface area contributed by atoms with Crippen LogP contribution in [0.2, 0.25) is 5.28 Å². The highest BCUT2D eigenvalue weighted by molar-refractivity contribution is 7.97. The highest BCUT2D eigenvalue weighted by atomic mass is 35.5. The molecule has 1 saturated carbocycles. The van der Waals surface area contributed by atoms with Crippen molar-refractivity contribution >= 4 is 45.9 Å². The van der Waals surface area contributed by atoms with E-state index in [1.54, 1.807) is 0 Å². The molecule has 13 nitrogen and oxygen atoms in total. The smallest absolute Gasteiger partial charge is 0.340 e. The van der Waals surface area contributed by atoms with E-state index in [-0.39, 0.29) is 17.0 Å². The Morgan fingerprint density at radius 3 is 2.58 bits per heavy atom. The molecule has 0 bridgehead atoms. The van der Waals surface area contributed by atoms with Crippen LogP contribution in [-0.2, 0) is 19.1 Å². The van der Waals surface area contributed by atoms with Crippen LogP contribution in [0.5, 0.6) is 0 Å². The van der Waals surface area contributed by atoms with Gasteiger partial charge < -0.3 is 30.1 Å². The van der Waals surface area contributed by atoms with Crippen LogP contribution in [0.25, 0.3) is 11.0 Å². The molecule has 0 radical (unpaired) electrons. The third-order valence-corrected chi connectivity index (χ3v) is 9.16. The number of fused-ring (bicyclic) bond motifs is 1. The molecule has 1 saturated heterocycles. The second-order valence-corrected chi connectivity index (χ2v) is 12.2. The van der Waals surface area contributed by atoms with Gasteiger partial charge in [0.05, 0.1) is 17.3 Å². The highest BCUT2D eigenvalue weighted by Crippen LogP contribution is 2.38. The summed E-state index contributed by atoms with van der Waals surface area (Å²) in [4.78, 5) is 26.2. The molecule has 1 aliphatic carbocycles. The van der Waals surface area contributed by atoms with E-state index in [0.29, 0.717) is 11.2 Å². The second kappa shape index (κ2) is 8.19. The lowest BCUT2D eigenvalue weighted by Crippen LogP contribution is -2.36. The Bertz CT molecular complexity index is 1140. The summed E-state index contributed by atoms with van der Waals surface area (Å²) < 4.78 is 41.8. The molecule has 0 spiro atoms. The molecule has 0 unspecified atom stereocenters. The van der Waals surface area contributed by atoms with Crippen LogP contribution < -0.4 is 5.32 Å². The van der Waals surface area contributed by atoms with Crippen molar-refractivity contribution in [1.82, 2.24) is 19.7 Å². The molecule has 2 fully saturated rings. The first-order valence-electron chi connectivity index (χ1n) is 9.37. The standard InChI is InChI=1S/C15H21ClN5O8PS/c16-15-19-12(18-7-2-1-3-7)8-4-17-21(13(8)20-15)14-11(23)10(22)9(29-14)5-31(27,28)6-30(24,25)26/h4,7,9-11,14,22-23H,1-3,5-6H2,(H,18,19,20)(H2,24,25,26)/t9-,10+,11+,14+/m0/s1. The van der Waals surface area contributed by atoms with Gasteiger partial charge in [0.15, 0.2) is 27.2 Å². The number of hydrogen-bond donors (Lipinski definition) is 5. The van der Waals surface area contributed by atoms with Gasteiger partial charge in [0.1, 0.15) is 24.1 Å². The summed E-state index contributed by atoms with van der Waals surface area (Å²) in [6.45, 7) is 0. The lowest BCUT2D eigenvalue weighted by atomic mass is 9.93. The molecule has 16 heteroatoms. The molecule has 4 rings (SSSR count). The lowest BCUT2D eigenvalue weighted by Gasteiger charge is -2.27. The van der Waals surface area contributed by atoms with Gasteiger partial charge in [-0.3, -0.25) is 4.57 Å². The molecule has 2 aliphatic rings. The molecule has 3 heterocycles. The van der Waals surface area contributed by atoms with Crippen molar-refractivity contribution < 1.29 is 37.7 Å². The molecule has 2 aromatic rings. The van der Waals surface area contributed by atoms with Crippen LogP contribution in [0.4, 0.5) is 5.82 Å². The number of ether oxygens (including phenoxy) is 1. The van der Waals surface area contributed by atoms with Crippen LogP contribution in [0, 0.1) is 0 Å². The predicted octanol–water partition coefficient (Wildman–Crippen LogP) is -0.387. The third-order valence-electron chi connectivity index (χ3n) is 5.23. The Kier molecular flexibility index (Phi) is 6.03. The monoisotopic (exact) mass is 497 g/mol. The Hall–Kier alpha value is -1.38. The first-order chi connectivity index (χ1) is 14.4. The van der Waals surface area contributed by atoms with Crippen molar-refractivity contribution in [2.24, 2.45) is 0 Å². The van der Waals surface area contributed by atoms with Gasteiger partial charge in [-0.1, -0.05) is 0 Å². The second-order valence-electron chi connectivity index (χ2n) is 7.69. The van der Waals surface area contributed by atoms with Crippen molar-refractivity contribution in [2.45, 2.75) is 49.8 Å². The third kappa shape index (κ3) is 4.86. The van der Waals surface area contributed by atoms with Crippen molar-refractivity contribution in [1.29, 1.82) is 0 Å². The molecule has 2 aromatic heterocycles. The Morgan fingerprint density at radius 1 is 1.26 bits per heavy atom. The fourth-order valence-corrected chi connectivity index (χ4v) is 6.98. The van der Waals surface area contributed by atoms with Gasteiger partial charge in [0.25, 0.3) is 0 Å². The maximum absolute atomic E-state index is 12.1. The van der Waals surface area contributed by atoms with E-state index >= 15 is 0 Å². The van der Waals surface area contributed by atoms with Crippen LogP contribution in [0.3, 0.4) is 0 Å². The number of aromatic nitrogens is 4. The minimum Gasteiger partial charge on any atom is -0.387 e. The van der Waals surface area contributed by atoms with E-state index < -0.39 is 53.2 Å². The molecular formula is C15H21ClN5O8PS. The van der Waals surface area contributed by atoms with Gasteiger partial charge in [0.2, 0.25) is 5.28 Å². The average molecular weight is 498 g/mol. The zero-order valence-electron chi connectivity index (χ0n) is 15.9. The largest absolute Gasteiger partial charge is 0.387 e. The minimum atomic E-state index is -4.84. The number of anilines is 1. The van der Waals surface area contributed by atoms with E-state index in [2.05, 4.69) is 20.4 Å². The predicted molar refractivity (Wildman–Crippen MR) is 108 cm³/mol. The van der Waals surface area contributed by atoms with Gasteiger partial charge in [-0.25, -0.2) is 13.1 Å². The number of nitrogens with zero attached hydrogens (tertiary/aromatic N) is 4. The van der Waals surface area contributed by atoms with Crippen LogP contribution in [-0.4, -0.2) is 83.8 Å². The fraction of sp³-hybridized carbons (Fsp3) is 0.667. The normalized spacial score (nSPS) is 27.5. The van der Waals surface area contributed by atoms with Gasteiger partial charge in [-0.05, 0) is 30.9 Å². The van der Waals surface area contributed by atoms with Crippen molar-refractivity contribution in [3.63, 3.8) is 0 Å². The maximum atomic E-state index is 12.1. The number of halogens is 1. The molecule has 4 atom stereocenters. The summed E-state index contributed by atoms with van der Waals surface area (Å²) in [7, 11) is -9.12. The van der Waals surface area contributed by atoms with Crippen LogP contribution in [0.15, 0.2) is 6.20 Å². The number of sulfone groups is 1. The summed E-state index contributed by atoms with van der Waals surface area (Å²) in [5.41, 5.74) is -1.19. The van der Waals surface area contributed by atoms with Crippen LogP contribution >= 0.6 is 19.2 Å². The average Bonchev–Trinajstić information content (AvgIpc) is 3.11. The number of nitrogens with one attached hydrogen (secondary N) is 1. The van der Waals surface area contributed by atoms with Crippen molar-refractivity contribution in [2.75, 3.05) is 16.6 Å². The Labute approximate surface area is 181 Å². The SMILES string of the molecule is O=P(O)(O)CS(=O)(=O)C[C@@H]1O[C@@H](n2ncc3c(NC4CCC4)nc(Cl)nc32)[C@H](O)[C@@H]1O. The number of aliphatic hydroxyl groups excluding tert-OH is 2. The molecule has 1 aliphatic heterocycles. The van der Waals surface area contributed by atoms with E-state index in [1.165, 1.54) is 10.9 Å². The zero-order chi connectivity index (χ0) is 22.6. The van der Waals surface area contributed by atoms with Gasteiger partial charge in [0, 0.05) is 6.04 Å². The lowest BCUT2D eigenvalue weighted by molar-refractivity contribution is -0.0364. The number of rotatable bonds is 7. The van der Waals surface area contributed by atoms with E-state index in [1.807, 2.05) is 0 Å². The summed E-state index contributed by atoms with van der Waals surface area (Å²) in [5.74, 6) is -0.434. The van der Waals surface area contributed by atoms with E-state index in [0.717, 1.165) is 19.3 Å². The quantitative estimate of drug-likeness (QED) is 0.246. The molecule has 0 amide bonds. The van der Waals surface area contributed by atoms with Crippen molar-refractivity contribution in [3.05, 3.63) is 11.5 Å². The number of aliphatic hydroxyl groups is 2. The van der Waals surface area contributed by atoms with E-state index in [4.69, 9.17) is 26.1 Å². The van der Waals surface area contributed by atoms with Crippen LogP contribution in [0.1, 0.15) is 25.5 Å². The maximum Gasteiger partial charge on any atom is 0.340 e. The van der Waals surface area contributed by atoms with Gasteiger partial charge >= 0.3 is 7.60 Å². The summed E-state index contributed by atoms with van der Waals surface area (Å²) in [6, 6.07) is 0.247. The minimum absolute atomic E-state index is 0.0788. The molecule has 0 aromatic carbocycles. The molecule has 172 valence electrons. The summed E-state index contributed by atoms with van der Waals surface area (Å²) >= 11 is 6.04. The highest BCUT2D eigenvalue weighted by Gasteiger charge is 2.47. The molecular weight excluding hydrogens is 477 g/mol. The Morgan fingerprint density at radius 2 is 1.97 bits per heavy atom. The first kappa shape index (κ1) is 22.8. The number of hydrogen-bond acceptors (Lipinski definition) is 10. The topological polar surface area (TPSA) is 197 Å². The first-order valence-corrected chi connectivity index (χ1v) is 13.4. The fourth-order valence-electron chi connectivity index (χ4n) is 3.57. The van der Waals surface area contributed by atoms with E-state index in [9.17, 15) is 23.2 Å². The molecule has 5 N–H and O–H groups in total. The van der Waals surface area contributed by atoms with Gasteiger partial charge in [-0.2, -0.15) is 15.1 Å². The zero-order valence-corrected chi connectivity index (χ0v) is 18.4. The summed E-state index contributed by atoms with van der Waals surface area (Å²) in [6.07, 6.45) is -1.43. The Balaban J connectivity index is 1.60. The molecule has 31 heavy (non-hydrogen) atoms.